The standard InChI is InChI=1S/C18H16Cl2N4O3S/c19-14-10-12(24(26)27)4-5-13(14)17(25)22-18(28)21-11-3-6-16(15(20)9-11)23-7-1-2-8-23/h3-6,9-10H,1-2,7-8H2,(H2,21,22,25,28). The van der Waals surface area contributed by atoms with Gasteiger partial charge in [0.1, 0.15) is 0 Å². The normalized spacial score (nSPS) is 13.3. The second-order valence-electron chi connectivity index (χ2n) is 6.19. The number of nitro benzene ring substituents is 1. The number of non-ortho nitro benzene ring substituents is 1. The number of amides is 1. The first-order valence-corrected chi connectivity index (χ1v) is 9.62. The Labute approximate surface area is 176 Å². The van der Waals surface area contributed by atoms with Crippen molar-refractivity contribution in [3.8, 4) is 0 Å². The first-order chi connectivity index (χ1) is 13.3. The third-order valence-electron chi connectivity index (χ3n) is 4.29. The molecule has 3 rings (SSSR count). The molecule has 0 radical (unpaired) electrons. The van der Waals surface area contributed by atoms with Crippen LogP contribution in [0.15, 0.2) is 36.4 Å². The molecule has 2 aromatic carbocycles. The lowest BCUT2D eigenvalue weighted by molar-refractivity contribution is -0.384. The van der Waals surface area contributed by atoms with Crippen molar-refractivity contribution < 1.29 is 9.72 Å². The second kappa shape index (κ2) is 8.72. The minimum Gasteiger partial charge on any atom is -0.370 e. The van der Waals surface area contributed by atoms with Crippen LogP contribution in [0.25, 0.3) is 0 Å². The van der Waals surface area contributed by atoms with E-state index in [0.29, 0.717) is 10.7 Å². The van der Waals surface area contributed by atoms with Gasteiger partial charge in [0, 0.05) is 30.9 Å². The number of benzene rings is 2. The number of thiocarbonyl (C=S) groups is 1. The van der Waals surface area contributed by atoms with Gasteiger partial charge in [-0.2, -0.15) is 0 Å². The van der Waals surface area contributed by atoms with Gasteiger partial charge >= 0.3 is 0 Å². The molecular formula is C18H16Cl2N4O3S. The minimum absolute atomic E-state index is 0.0347. The van der Waals surface area contributed by atoms with Crippen LogP contribution in [-0.4, -0.2) is 29.0 Å². The van der Waals surface area contributed by atoms with Gasteiger partial charge in [-0.05, 0) is 49.3 Å². The predicted molar refractivity (Wildman–Crippen MR) is 115 cm³/mol. The number of halogens is 2. The van der Waals surface area contributed by atoms with Gasteiger partial charge in [-0.3, -0.25) is 20.2 Å². The van der Waals surface area contributed by atoms with Crippen LogP contribution in [0.5, 0.6) is 0 Å². The van der Waals surface area contributed by atoms with Crippen LogP contribution in [-0.2, 0) is 0 Å². The Kier molecular flexibility index (Phi) is 6.33. The Morgan fingerprint density at radius 2 is 1.82 bits per heavy atom. The van der Waals surface area contributed by atoms with Gasteiger partial charge in [-0.1, -0.05) is 23.2 Å². The molecule has 1 heterocycles. The highest BCUT2D eigenvalue weighted by Gasteiger charge is 2.17. The minimum atomic E-state index is -0.588. The van der Waals surface area contributed by atoms with Crippen molar-refractivity contribution in [2.75, 3.05) is 23.3 Å². The lowest BCUT2D eigenvalue weighted by Crippen LogP contribution is -2.34. The molecule has 1 aliphatic heterocycles. The van der Waals surface area contributed by atoms with Crippen molar-refractivity contribution in [2.45, 2.75) is 12.8 Å². The molecule has 1 amide bonds. The highest BCUT2D eigenvalue weighted by atomic mass is 35.5. The van der Waals surface area contributed by atoms with Gasteiger partial charge in [-0.25, -0.2) is 0 Å². The molecule has 2 aromatic rings. The van der Waals surface area contributed by atoms with Crippen molar-refractivity contribution in [3.63, 3.8) is 0 Å². The maximum Gasteiger partial charge on any atom is 0.270 e. The molecule has 0 spiro atoms. The summed E-state index contributed by atoms with van der Waals surface area (Å²) in [6.45, 7) is 1.97. The number of nitrogens with zero attached hydrogens (tertiary/aromatic N) is 2. The van der Waals surface area contributed by atoms with Gasteiger partial charge < -0.3 is 10.2 Å². The van der Waals surface area contributed by atoms with Gasteiger partial charge in [0.05, 0.1) is 26.2 Å². The maximum atomic E-state index is 12.3. The zero-order chi connectivity index (χ0) is 20.3. The molecule has 1 saturated heterocycles. The van der Waals surface area contributed by atoms with Crippen LogP contribution in [0.3, 0.4) is 0 Å². The van der Waals surface area contributed by atoms with E-state index in [1.165, 1.54) is 12.1 Å². The van der Waals surface area contributed by atoms with E-state index in [1.807, 2.05) is 12.1 Å². The molecule has 2 N–H and O–H groups in total. The molecule has 0 atom stereocenters. The molecule has 0 unspecified atom stereocenters. The van der Waals surface area contributed by atoms with Crippen LogP contribution < -0.4 is 15.5 Å². The number of rotatable bonds is 4. The molecular weight excluding hydrogens is 423 g/mol. The molecule has 7 nitrogen and oxygen atoms in total. The number of hydrogen-bond acceptors (Lipinski definition) is 5. The zero-order valence-corrected chi connectivity index (χ0v) is 16.9. The van der Waals surface area contributed by atoms with Gasteiger partial charge in [0.15, 0.2) is 5.11 Å². The second-order valence-corrected chi connectivity index (χ2v) is 7.41. The van der Waals surface area contributed by atoms with E-state index in [2.05, 4.69) is 15.5 Å². The third-order valence-corrected chi connectivity index (χ3v) is 5.11. The number of nitro groups is 1. The fourth-order valence-corrected chi connectivity index (χ4v) is 3.70. The van der Waals surface area contributed by atoms with Crippen LogP contribution in [0.4, 0.5) is 17.1 Å². The molecule has 10 heteroatoms. The van der Waals surface area contributed by atoms with E-state index in [-0.39, 0.29) is 21.4 Å². The summed E-state index contributed by atoms with van der Waals surface area (Å²) in [6.07, 6.45) is 2.30. The molecule has 146 valence electrons. The van der Waals surface area contributed by atoms with Crippen molar-refractivity contribution >= 4 is 63.5 Å². The van der Waals surface area contributed by atoms with Gasteiger partial charge in [0.25, 0.3) is 11.6 Å². The number of nitrogens with one attached hydrogen (secondary N) is 2. The van der Waals surface area contributed by atoms with Crippen LogP contribution in [0.1, 0.15) is 23.2 Å². The van der Waals surface area contributed by atoms with Gasteiger partial charge in [-0.15, -0.1) is 0 Å². The Hall–Kier alpha value is -2.42. The summed E-state index contributed by atoms with van der Waals surface area (Å²) >= 11 is 17.5. The molecule has 28 heavy (non-hydrogen) atoms. The Bertz CT molecular complexity index is 948. The average Bonchev–Trinajstić information content (AvgIpc) is 3.15. The van der Waals surface area contributed by atoms with Crippen molar-refractivity contribution in [1.29, 1.82) is 0 Å². The summed E-state index contributed by atoms with van der Waals surface area (Å²) in [7, 11) is 0. The molecule has 0 saturated carbocycles. The lowest BCUT2D eigenvalue weighted by Gasteiger charge is -2.20. The summed E-state index contributed by atoms with van der Waals surface area (Å²) in [5, 5.41) is 16.8. The zero-order valence-electron chi connectivity index (χ0n) is 14.6. The fourth-order valence-electron chi connectivity index (χ4n) is 2.93. The third kappa shape index (κ3) is 4.70. The highest BCUT2D eigenvalue weighted by Crippen LogP contribution is 2.31. The van der Waals surface area contributed by atoms with Crippen LogP contribution >= 0.6 is 35.4 Å². The van der Waals surface area contributed by atoms with Crippen LogP contribution in [0, 0.1) is 10.1 Å². The van der Waals surface area contributed by atoms with Gasteiger partial charge in [0.2, 0.25) is 0 Å². The quantitative estimate of drug-likeness (QED) is 0.411. The SMILES string of the molecule is O=C(NC(=S)Nc1ccc(N2CCCC2)c(Cl)c1)c1ccc([N+](=O)[O-])cc1Cl. The van der Waals surface area contributed by atoms with E-state index in [0.717, 1.165) is 37.7 Å². The van der Waals surface area contributed by atoms with Crippen molar-refractivity contribution in [1.82, 2.24) is 5.32 Å². The molecule has 0 bridgehead atoms. The fraction of sp³-hybridized carbons (Fsp3) is 0.222. The largest absolute Gasteiger partial charge is 0.370 e. The Balaban J connectivity index is 1.64. The molecule has 0 aromatic heterocycles. The lowest BCUT2D eigenvalue weighted by atomic mass is 10.2. The monoisotopic (exact) mass is 438 g/mol. The van der Waals surface area contributed by atoms with E-state index in [4.69, 9.17) is 35.4 Å². The molecule has 1 fully saturated rings. The van der Waals surface area contributed by atoms with Crippen molar-refractivity contribution in [2.24, 2.45) is 0 Å². The van der Waals surface area contributed by atoms with Crippen molar-refractivity contribution in [3.05, 3.63) is 62.1 Å². The Morgan fingerprint density at radius 3 is 2.43 bits per heavy atom. The molecule has 0 aliphatic carbocycles. The van der Waals surface area contributed by atoms with E-state index < -0.39 is 10.8 Å². The van der Waals surface area contributed by atoms with E-state index in [1.54, 1.807) is 6.07 Å². The molecule has 1 aliphatic rings. The summed E-state index contributed by atoms with van der Waals surface area (Å²) in [5.41, 5.74) is 1.49. The smallest absolute Gasteiger partial charge is 0.270 e. The first kappa shape index (κ1) is 20.3. The van der Waals surface area contributed by atoms with E-state index in [9.17, 15) is 14.9 Å². The number of carbonyl (C=O) groups is 1. The average molecular weight is 439 g/mol. The van der Waals surface area contributed by atoms with E-state index >= 15 is 0 Å². The summed E-state index contributed by atoms with van der Waals surface area (Å²) in [4.78, 5) is 24.7. The summed E-state index contributed by atoms with van der Waals surface area (Å²) in [5.74, 6) is -0.572. The maximum absolute atomic E-state index is 12.3. The van der Waals surface area contributed by atoms with Crippen LogP contribution in [0.2, 0.25) is 10.0 Å². The number of anilines is 2. The number of carbonyl (C=O) groups excluding carboxylic acids is 1. The predicted octanol–water partition coefficient (Wildman–Crippen LogP) is 4.63. The summed E-state index contributed by atoms with van der Waals surface area (Å²) in [6, 6.07) is 9.08. The highest BCUT2D eigenvalue weighted by molar-refractivity contribution is 7.80. The topological polar surface area (TPSA) is 87.5 Å². The summed E-state index contributed by atoms with van der Waals surface area (Å²) < 4.78 is 0. The first-order valence-electron chi connectivity index (χ1n) is 8.46. The number of hydrogen-bond donors (Lipinski definition) is 2. The Morgan fingerprint density at radius 1 is 1.11 bits per heavy atom.